The average Bonchev–Trinajstić information content (AvgIpc) is 3.00. The second kappa shape index (κ2) is 8.65. The lowest BCUT2D eigenvalue weighted by Gasteiger charge is -2.18. The molecule has 0 fully saturated rings. The first-order valence-corrected chi connectivity index (χ1v) is 8.53. The second-order valence-electron chi connectivity index (χ2n) is 5.47. The SMILES string of the molecule is COc1ccc(OC)c(C(C)NC(=O)CCn2cc(Br)c([N+](=O)[O-])n2)c1. The van der Waals surface area contributed by atoms with Gasteiger partial charge in [-0.2, -0.15) is 4.68 Å². The van der Waals surface area contributed by atoms with Crippen molar-refractivity contribution in [1.82, 2.24) is 15.1 Å². The van der Waals surface area contributed by atoms with E-state index in [1.165, 1.54) is 10.9 Å². The first-order valence-electron chi connectivity index (χ1n) is 7.74. The summed E-state index contributed by atoms with van der Waals surface area (Å²) in [5.41, 5.74) is 0.790. The zero-order chi connectivity index (χ0) is 19.3. The Bertz CT molecular complexity index is 808. The van der Waals surface area contributed by atoms with E-state index in [9.17, 15) is 14.9 Å². The van der Waals surface area contributed by atoms with Crippen molar-refractivity contribution in [3.63, 3.8) is 0 Å². The van der Waals surface area contributed by atoms with Crippen molar-refractivity contribution in [3.8, 4) is 11.5 Å². The van der Waals surface area contributed by atoms with E-state index in [2.05, 4.69) is 26.3 Å². The van der Waals surface area contributed by atoms with Crippen LogP contribution in [0.5, 0.6) is 11.5 Å². The van der Waals surface area contributed by atoms with Gasteiger partial charge in [-0.05, 0) is 46.0 Å². The molecule has 0 radical (unpaired) electrons. The molecule has 1 heterocycles. The van der Waals surface area contributed by atoms with E-state index >= 15 is 0 Å². The van der Waals surface area contributed by atoms with Crippen molar-refractivity contribution in [2.45, 2.75) is 25.9 Å². The van der Waals surface area contributed by atoms with Gasteiger partial charge in [0.2, 0.25) is 5.91 Å². The van der Waals surface area contributed by atoms with Gasteiger partial charge in [-0.3, -0.25) is 4.79 Å². The van der Waals surface area contributed by atoms with Crippen LogP contribution in [0.15, 0.2) is 28.9 Å². The number of amides is 1. The Morgan fingerprint density at radius 2 is 2.15 bits per heavy atom. The van der Waals surface area contributed by atoms with Crippen LogP contribution >= 0.6 is 15.9 Å². The van der Waals surface area contributed by atoms with Crippen LogP contribution in [0.25, 0.3) is 0 Å². The number of nitrogens with zero attached hydrogens (tertiary/aromatic N) is 3. The third-order valence-corrected chi connectivity index (χ3v) is 4.28. The molecule has 140 valence electrons. The Morgan fingerprint density at radius 1 is 1.42 bits per heavy atom. The molecule has 2 aromatic rings. The fourth-order valence-corrected chi connectivity index (χ4v) is 2.87. The van der Waals surface area contributed by atoms with E-state index in [1.807, 2.05) is 6.92 Å². The second-order valence-corrected chi connectivity index (χ2v) is 6.32. The maximum absolute atomic E-state index is 12.2. The predicted octanol–water partition coefficient (Wildman–Crippen LogP) is 2.84. The summed E-state index contributed by atoms with van der Waals surface area (Å²) >= 11 is 3.07. The Balaban J connectivity index is 1.99. The minimum absolute atomic E-state index is 0.127. The highest BCUT2D eigenvalue weighted by molar-refractivity contribution is 9.10. The maximum atomic E-state index is 12.2. The number of hydrogen-bond acceptors (Lipinski definition) is 6. The van der Waals surface area contributed by atoms with Crippen LogP contribution in [0.4, 0.5) is 5.82 Å². The van der Waals surface area contributed by atoms with Crippen molar-refractivity contribution in [2.24, 2.45) is 0 Å². The lowest BCUT2D eigenvalue weighted by molar-refractivity contribution is -0.390. The third kappa shape index (κ3) is 4.72. The number of rotatable bonds is 8. The first-order chi connectivity index (χ1) is 12.3. The number of halogens is 1. The number of methoxy groups -OCH3 is 2. The van der Waals surface area contributed by atoms with E-state index in [4.69, 9.17) is 9.47 Å². The Labute approximate surface area is 158 Å². The molecule has 0 bridgehead atoms. The lowest BCUT2D eigenvalue weighted by atomic mass is 10.1. The number of nitro groups is 1. The fraction of sp³-hybridized carbons (Fsp3) is 0.375. The van der Waals surface area contributed by atoms with Crippen LogP contribution in [0.1, 0.15) is 24.9 Å². The molecule has 0 aliphatic heterocycles. The maximum Gasteiger partial charge on any atom is 0.404 e. The largest absolute Gasteiger partial charge is 0.497 e. The van der Waals surface area contributed by atoms with Crippen molar-refractivity contribution in [2.75, 3.05) is 14.2 Å². The zero-order valence-electron chi connectivity index (χ0n) is 14.6. The van der Waals surface area contributed by atoms with E-state index < -0.39 is 4.92 Å². The van der Waals surface area contributed by atoms with Crippen LogP contribution in [-0.4, -0.2) is 34.8 Å². The minimum Gasteiger partial charge on any atom is -0.497 e. The number of carbonyl (C=O) groups excluding carboxylic acids is 1. The number of hydrogen-bond donors (Lipinski definition) is 1. The number of aryl methyl sites for hydroxylation is 1. The molecule has 1 amide bonds. The van der Waals surface area contributed by atoms with Gasteiger partial charge in [-0.1, -0.05) is 0 Å². The summed E-state index contributed by atoms with van der Waals surface area (Å²) in [5, 5.41) is 17.5. The van der Waals surface area contributed by atoms with Gasteiger partial charge >= 0.3 is 5.82 Å². The Morgan fingerprint density at radius 3 is 2.73 bits per heavy atom. The smallest absolute Gasteiger partial charge is 0.404 e. The first kappa shape index (κ1) is 19.7. The van der Waals surface area contributed by atoms with Gasteiger partial charge in [0.15, 0.2) is 0 Å². The molecule has 2 rings (SSSR count). The predicted molar refractivity (Wildman–Crippen MR) is 97.3 cm³/mol. The van der Waals surface area contributed by atoms with E-state index in [1.54, 1.807) is 32.4 Å². The highest BCUT2D eigenvalue weighted by Crippen LogP contribution is 2.29. The molecule has 9 nitrogen and oxygen atoms in total. The number of nitrogens with one attached hydrogen (secondary N) is 1. The normalized spacial score (nSPS) is 11.7. The van der Waals surface area contributed by atoms with Gasteiger partial charge in [0.25, 0.3) is 0 Å². The molecule has 1 aromatic carbocycles. The molecule has 26 heavy (non-hydrogen) atoms. The van der Waals surface area contributed by atoms with E-state index in [0.717, 1.165) is 5.56 Å². The molecule has 0 aliphatic rings. The Kier molecular flexibility index (Phi) is 6.56. The van der Waals surface area contributed by atoms with Crippen molar-refractivity contribution < 1.29 is 19.2 Å². The number of ether oxygens (including phenoxy) is 2. The van der Waals surface area contributed by atoms with Crippen LogP contribution in [0.3, 0.4) is 0 Å². The lowest BCUT2D eigenvalue weighted by Crippen LogP contribution is -2.27. The zero-order valence-corrected chi connectivity index (χ0v) is 16.1. The molecule has 1 aromatic heterocycles. The van der Waals surface area contributed by atoms with Crippen LogP contribution in [0, 0.1) is 10.1 Å². The third-order valence-electron chi connectivity index (χ3n) is 3.72. The minimum atomic E-state index is -0.586. The van der Waals surface area contributed by atoms with Gasteiger partial charge < -0.3 is 24.9 Å². The molecule has 10 heteroatoms. The average molecular weight is 427 g/mol. The highest BCUT2D eigenvalue weighted by Gasteiger charge is 2.20. The molecule has 0 aliphatic carbocycles. The topological polar surface area (TPSA) is 109 Å². The summed E-state index contributed by atoms with van der Waals surface area (Å²) < 4.78 is 12.2. The molecule has 0 saturated carbocycles. The van der Waals surface area contributed by atoms with Crippen molar-refractivity contribution in [3.05, 3.63) is 44.5 Å². The van der Waals surface area contributed by atoms with Gasteiger partial charge in [-0.25, -0.2) is 0 Å². The highest BCUT2D eigenvalue weighted by atomic mass is 79.9. The van der Waals surface area contributed by atoms with Crippen LogP contribution in [-0.2, 0) is 11.3 Å². The number of carbonyl (C=O) groups is 1. The van der Waals surface area contributed by atoms with Crippen LogP contribution < -0.4 is 14.8 Å². The van der Waals surface area contributed by atoms with Crippen molar-refractivity contribution in [1.29, 1.82) is 0 Å². The molecule has 1 N–H and O–H groups in total. The molecule has 0 saturated heterocycles. The van der Waals surface area contributed by atoms with Crippen LogP contribution in [0.2, 0.25) is 0 Å². The van der Waals surface area contributed by atoms with Gasteiger partial charge in [0.1, 0.15) is 16.0 Å². The standard InChI is InChI=1S/C16H19BrN4O5/c1-10(12-8-11(25-2)4-5-14(12)26-3)18-15(22)6-7-20-9-13(17)16(19-20)21(23)24/h4-5,8-10H,6-7H2,1-3H3,(H,18,22). The fourth-order valence-electron chi connectivity index (χ4n) is 2.41. The van der Waals surface area contributed by atoms with Gasteiger partial charge in [0.05, 0.1) is 38.1 Å². The van der Waals surface area contributed by atoms with Gasteiger partial charge in [0, 0.05) is 12.0 Å². The van der Waals surface area contributed by atoms with E-state index in [-0.39, 0.29) is 35.2 Å². The molecular weight excluding hydrogens is 408 g/mol. The number of benzene rings is 1. The van der Waals surface area contributed by atoms with E-state index in [0.29, 0.717) is 11.5 Å². The summed E-state index contributed by atoms with van der Waals surface area (Å²) in [6.45, 7) is 2.06. The monoisotopic (exact) mass is 426 g/mol. The summed E-state index contributed by atoms with van der Waals surface area (Å²) in [7, 11) is 3.12. The summed E-state index contributed by atoms with van der Waals surface area (Å²) in [4.78, 5) is 22.4. The quantitative estimate of drug-likeness (QED) is 0.513. The molecular formula is C16H19BrN4O5. The summed E-state index contributed by atoms with van der Waals surface area (Å²) in [6.07, 6.45) is 1.60. The molecule has 1 atom stereocenters. The van der Waals surface area contributed by atoms with Crippen molar-refractivity contribution >= 4 is 27.7 Å². The summed E-state index contributed by atoms with van der Waals surface area (Å²) in [6, 6.07) is 5.06. The van der Waals surface area contributed by atoms with Gasteiger partial charge in [-0.15, -0.1) is 0 Å². The Hall–Kier alpha value is -2.62. The summed E-state index contributed by atoms with van der Waals surface area (Å²) in [5.74, 6) is 0.817. The number of aromatic nitrogens is 2. The molecule has 0 spiro atoms. The molecule has 1 unspecified atom stereocenters.